The van der Waals surface area contributed by atoms with Gasteiger partial charge in [-0.05, 0) is 37.4 Å². The Morgan fingerprint density at radius 3 is 2.45 bits per heavy atom. The van der Waals surface area contributed by atoms with Crippen LogP contribution in [0.5, 0.6) is 0 Å². The van der Waals surface area contributed by atoms with E-state index in [1.165, 1.54) is 11.1 Å². The predicted molar refractivity (Wildman–Crippen MR) is 86.0 cm³/mol. The van der Waals surface area contributed by atoms with Crippen molar-refractivity contribution in [2.24, 2.45) is 0 Å². The Kier molecular flexibility index (Phi) is 5.60. The van der Waals surface area contributed by atoms with Crippen LogP contribution < -0.4 is 5.32 Å². The predicted octanol–water partition coefficient (Wildman–Crippen LogP) is 3.73. The molecule has 1 atom stereocenters. The smallest absolute Gasteiger partial charge is 0.0451 e. The molecule has 0 heterocycles. The quantitative estimate of drug-likeness (QED) is 0.871. The van der Waals surface area contributed by atoms with E-state index < -0.39 is 0 Å². The van der Waals surface area contributed by atoms with Crippen LogP contribution in [0.3, 0.4) is 0 Å². The van der Waals surface area contributed by atoms with E-state index in [-0.39, 0.29) is 0 Å². The topological polar surface area (TPSA) is 15.3 Å². The molecular formula is C17H21ClN2. The highest BCUT2D eigenvalue weighted by Gasteiger charge is 2.11. The Labute approximate surface area is 126 Å². The van der Waals surface area contributed by atoms with E-state index in [4.69, 9.17) is 11.6 Å². The van der Waals surface area contributed by atoms with Gasteiger partial charge in [-0.1, -0.05) is 54.1 Å². The molecule has 0 saturated carbocycles. The average Bonchev–Trinajstić information content (AvgIpc) is 2.44. The third-order valence-corrected chi connectivity index (χ3v) is 3.43. The number of likely N-dealkylation sites (N-methyl/N-ethyl adjacent to an activating group) is 1. The van der Waals surface area contributed by atoms with Gasteiger partial charge in [0, 0.05) is 24.2 Å². The Hall–Kier alpha value is -1.35. The van der Waals surface area contributed by atoms with Crippen LogP contribution in [-0.4, -0.2) is 25.5 Å². The van der Waals surface area contributed by atoms with Gasteiger partial charge in [0.2, 0.25) is 0 Å². The van der Waals surface area contributed by atoms with Crippen LogP contribution in [0.2, 0.25) is 5.02 Å². The van der Waals surface area contributed by atoms with Gasteiger partial charge in [0.25, 0.3) is 0 Å². The number of halogens is 1. The lowest BCUT2D eigenvalue weighted by atomic mass is 10.1. The molecule has 0 aliphatic heterocycles. The van der Waals surface area contributed by atoms with Gasteiger partial charge in [-0.25, -0.2) is 0 Å². The molecule has 0 aliphatic carbocycles. The molecule has 0 saturated heterocycles. The first-order valence-electron chi connectivity index (χ1n) is 6.82. The molecule has 1 unspecified atom stereocenters. The van der Waals surface area contributed by atoms with Gasteiger partial charge in [-0.2, -0.15) is 0 Å². The van der Waals surface area contributed by atoms with Crippen molar-refractivity contribution in [1.82, 2.24) is 10.2 Å². The highest BCUT2D eigenvalue weighted by molar-refractivity contribution is 6.30. The number of hydrogen-bond donors (Lipinski definition) is 1. The van der Waals surface area contributed by atoms with Crippen LogP contribution in [0.25, 0.3) is 0 Å². The van der Waals surface area contributed by atoms with Gasteiger partial charge in [0.15, 0.2) is 0 Å². The maximum Gasteiger partial charge on any atom is 0.0451 e. The van der Waals surface area contributed by atoms with E-state index in [0.29, 0.717) is 6.04 Å². The fraction of sp³-hybridized carbons (Fsp3) is 0.294. The minimum atomic E-state index is 0.310. The van der Waals surface area contributed by atoms with E-state index in [1.54, 1.807) is 0 Å². The lowest BCUT2D eigenvalue weighted by Gasteiger charge is -2.23. The van der Waals surface area contributed by atoms with Crippen LogP contribution in [0.4, 0.5) is 0 Å². The molecule has 0 bridgehead atoms. The third kappa shape index (κ3) is 4.64. The summed E-state index contributed by atoms with van der Waals surface area (Å²) in [4.78, 5) is 2.20. The maximum absolute atomic E-state index is 6.03. The SMILES string of the molecule is CN(C)CC(NCc1cccc(Cl)c1)c1ccccc1. The van der Waals surface area contributed by atoms with Crippen molar-refractivity contribution in [3.05, 3.63) is 70.7 Å². The second-order valence-electron chi connectivity index (χ2n) is 5.24. The molecule has 0 aromatic heterocycles. The minimum absolute atomic E-state index is 0.310. The molecule has 2 aromatic carbocycles. The van der Waals surface area contributed by atoms with E-state index >= 15 is 0 Å². The number of rotatable bonds is 6. The van der Waals surface area contributed by atoms with Gasteiger partial charge < -0.3 is 10.2 Å². The molecule has 0 fully saturated rings. The molecule has 0 radical (unpaired) electrons. The van der Waals surface area contributed by atoms with Crippen LogP contribution in [0, 0.1) is 0 Å². The number of nitrogens with zero attached hydrogens (tertiary/aromatic N) is 1. The first-order valence-corrected chi connectivity index (χ1v) is 7.20. The van der Waals surface area contributed by atoms with E-state index in [1.807, 2.05) is 24.3 Å². The highest BCUT2D eigenvalue weighted by Crippen LogP contribution is 2.16. The second-order valence-corrected chi connectivity index (χ2v) is 5.67. The summed E-state index contributed by atoms with van der Waals surface area (Å²) in [5.74, 6) is 0. The summed E-state index contributed by atoms with van der Waals surface area (Å²) in [5, 5.41) is 4.40. The molecule has 3 heteroatoms. The molecule has 0 amide bonds. The summed E-state index contributed by atoms with van der Waals surface area (Å²) in [6, 6.07) is 18.8. The molecule has 1 N–H and O–H groups in total. The van der Waals surface area contributed by atoms with Gasteiger partial charge in [-0.15, -0.1) is 0 Å². The lowest BCUT2D eigenvalue weighted by Crippen LogP contribution is -2.30. The van der Waals surface area contributed by atoms with Crippen molar-refractivity contribution in [3.63, 3.8) is 0 Å². The molecule has 0 spiro atoms. The fourth-order valence-electron chi connectivity index (χ4n) is 2.23. The Balaban J connectivity index is 2.05. The van der Waals surface area contributed by atoms with Crippen molar-refractivity contribution in [3.8, 4) is 0 Å². The van der Waals surface area contributed by atoms with Gasteiger partial charge in [0.05, 0.1) is 0 Å². The summed E-state index contributed by atoms with van der Waals surface area (Å²) in [6.45, 7) is 1.78. The molecule has 2 aromatic rings. The Morgan fingerprint density at radius 1 is 1.05 bits per heavy atom. The summed E-state index contributed by atoms with van der Waals surface area (Å²) in [7, 11) is 4.19. The zero-order chi connectivity index (χ0) is 14.4. The van der Waals surface area contributed by atoms with Crippen LogP contribution in [-0.2, 0) is 6.54 Å². The fourth-order valence-corrected chi connectivity index (χ4v) is 2.44. The van der Waals surface area contributed by atoms with Crippen molar-refractivity contribution >= 4 is 11.6 Å². The molecule has 106 valence electrons. The summed E-state index contributed by atoms with van der Waals surface area (Å²) in [6.07, 6.45) is 0. The van der Waals surface area contributed by atoms with Crippen molar-refractivity contribution in [2.45, 2.75) is 12.6 Å². The largest absolute Gasteiger partial charge is 0.308 e. The Bertz CT molecular complexity index is 526. The summed E-state index contributed by atoms with van der Waals surface area (Å²) in [5.41, 5.74) is 2.51. The monoisotopic (exact) mass is 288 g/mol. The normalized spacial score (nSPS) is 12.6. The third-order valence-electron chi connectivity index (χ3n) is 3.19. The van der Waals surface area contributed by atoms with Gasteiger partial charge in [-0.3, -0.25) is 0 Å². The molecular weight excluding hydrogens is 268 g/mol. The molecule has 20 heavy (non-hydrogen) atoms. The first kappa shape index (κ1) is 15.0. The standard InChI is InChI=1S/C17H21ClN2/c1-20(2)13-17(15-8-4-3-5-9-15)19-12-14-7-6-10-16(18)11-14/h3-11,17,19H,12-13H2,1-2H3. The van der Waals surface area contributed by atoms with Gasteiger partial charge >= 0.3 is 0 Å². The average molecular weight is 289 g/mol. The zero-order valence-electron chi connectivity index (χ0n) is 12.0. The van der Waals surface area contributed by atoms with E-state index in [2.05, 4.69) is 54.6 Å². The Morgan fingerprint density at radius 2 is 1.80 bits per heavy atom. The number of nitrogens with one attached hydrogen (secondary N) is 1. The number of hydrogen-bond acceptors (Lipinski definition) is 2. The summed E-state index contributed by atoms with van der Waals surface area (Å²) >= 11 is 6.03. The zero-order valence-corrected chi connectivity index (χ0v) is 12.8. The maximum atomic E-state index is 6.03. The van der Waals surface area contributed by atoms with E-state index in [9.17, 15) is 0 Å². The van der Waals surface area contributed by atoms with Crippen molar-refractivity contribution < 1.29 is 0 Å². The highest BCUT2D eigenvalue weighted by atomic mass is 35.5. The molecule has 2 nitrogen and oxygen atoms in total. The number of benzene rings is 2. The van der Waals surface area contributed by atoms with Crippen LogP contribution >= 0.6 is 11.6 Å². The van der Waals surface area contributed by atoms with Crippen molar-refractivity contribution in [1.29, 1.82) is 0 Å². The minimum Gasteiger partial charge on any atom is -0.308 e. The van der Waals surface area contributed by atoms with Crippen LogP contribution in [0.15, 0.2) is 54.6 Å². The second kappa shape index (κ2) is 7.44. The van der Waals surface area contributed by atoms with E-state index in [0.717, 1.165) is 18.1 Å². The first-order chi connectivity index (χ1) is 9.65. The van der Waals surface area contributed by atoms with Crippen LogP contribution in [0.1, 0.15) is 17.2 Å². The molecule has 0 aliphatic rings. The van der Waals surface area contributed by atoms with Crippen molar-refractivity contribution in [2.75, 3.05) is 20.6 Å². The summed E-state index contributed by atoms with van der Waals surface area (Å²) < 4.78 is 0. The lowest BCUT2D eigenvalue weighted by molar-refractivity contribution is 0.340. The van der Waals surface area contributed by atoms with Gasteiger partial charge in [0.1, 0.15) is 0 Å². The molecule has 2 rings (SSSR count).